The van der Waals surface area contributed by atoms with Crippen molar-refractivity contribution in [1.82, 2.24) is 9.80 Å². The first kappa shape index (κ1) is 25.9. The highest BCUT2D eigenvalue weighted by Gasteiger charge is 2.42. The van der Waals surface area contributed by atoms with Crippen molar-refractivity contribution in [2.75, 3.05) is 54.2 Å². The maximum absolute atomic E-state index is 13.5. The number of methoxy groups -OCH3 is 3. The number of hydrogen-bond acceptors (Lipinski definition) is 6. The zero-order valence-corrected chi connectivity index (χ0v) is 20.0. The fraction of sp³-hybridized carbons (Fsp3) is 0.600. The lowest BCUT2D eigenvalue weighted by molar-refractivity contribution is -0.137. The maximum Gasteiger partial charge on any atom is 0.277 e. The van der Waals surface area contributed by atoms with E-state index in [9.17, 15) is 9.59 Å². The molecule has 1 aromatic rings. The summed E-state index contributed by atoms with van der Waals surface area (Å²) in [5.41, 5.74) is 1.43. The molecule has 0 bridgehead atoms. The number of carbonyl (C=O) groups is 2. The van der Waals surface area contributed by atoms with Crippen molar-refractivity contribution in [3.63, 3.8) is 0 Å². The molecule has 0 N–H and O–H groups in total. The number of nitrogens with zero attached hydrogens (tertiary/aromatic N) is 2. The van der Waals surface area contributed by atoms with Gasteiger partial charge in [-0.3, -0.25) is 14.5 Å². The van der Waals surface area contributed by atoms with Crippen LogP contribution in [0.4, 0.5) is 0 Å². The van der Waals surface area contributed by atoms with Crippen LogP contribution in [0.2, 0.25) is 0 Å². The van der Waals surface area contributed by atoms with Crippen molar-refractivity contribution >= 4 is 17.4 Å². The molecule has 0 saturated carbocycles. The van der Waals surface area contributed by atoms with Gasteiger partial charge < -0.3 is 19.1 Å². The summed E-state index contributed by atoms with van der Waals surface area (Å²) in [6, 6.07) is 7.35. The summed E-state index contributed by atoms with van der Waals surface area (Å²) >= 11 is 0. The predicted molar refractivity (Wildman–Crippen MR) is 125 cm³/mol. The number of imide groups is 1. The Morgan fingerprint density at radius 3 is 2.09 bits per heavy atom. The molecule has 0 unspecified atom stereocenters. The lowest BCUT2D eigenvalue weighted by atomic mass is 10.0. The molecule has 0 atom stereocenters. The van der Waals surface area contributed by atoms with Crippen LogP contribution in [0.15, 0.2) is 30.0 Å². The van der Waals surface area contributed by atoms with E-state index >= 15 is 0 Å². The molecule has 0 aliphatic carbocycles. The van der Waals surface area contributed by atoms with Crippen LogP contribution in [-0.4, -0.2) is 75.8 Å². The van der Waals surface area contributed by atoms with Gasteiger partial charge in [0.2, 0.25) is 0 Å². The minimum absolute atomic E-state index is 0.253. The molecule has 1 aliphatic heterocycles. The summed E-state index contributed by atoms with van der Waals surface area (Å²) in [5.74, 6) is 0.0561. The average molecular weight is 447 g/mol. The Morgan fingerprint density at radius 1 is 0.844 bits per heavy atom. The molecule has 7 nitrogen and oxygen atoms in total. The van der Waals surface area contributed by atoms with Crippen LogP contribution >= 0.6 is 0 Å². The van der Waals surface area contributed by atoms with E-state index in [2.05, 4.69) is 6.92 Å². The van der Waals surface area contributed by atoms with Crippen LogP contribution in [0.25, 0.3) is 5.57 Å². The van der Waals surface area contributed by atoms with E-state index in [1.807, 2.05) is 29.2 Å². The first-order valence-electron chi connectivity index (χ1n) is 11.6. The van der Waals surface area contributed by atoms with Crippen molar-refractivity contribution in [3.8, 4) is 5.75 Å². The number of ether oxygens (including phenoxy) is 3. The second kappa shape index (κ2) is 13.9. The minimum atomic E-state index is -0.261. The number of rotatable bonds is 16. The Bertz CT molecular complexity index is 769. The van der Waals surface area contributed by atoms with E-state index in [4.69, 9.17) is 14.2 Å². The highest BCUT2D eigenvalue weighted by molar-refractivity contribution is 6.36. The molecule has 32 heavy (non-hydrogen) atoms. The number of hydrogen-bond donors (Lipinski definition) is 0. The molecule has 0 fully saturated rings. The summed E-state index contributed by atoms with van der Waals surface area (Å²) < 4.78 is 16.0. The van der Waals surface area contributed by atoms with Gasteiger partial charge in [0, 0.05) is 39.4 Å². The van der Waals surface area contributed by atoms with Gasteiger partial charge in [-0.05, 0) is 12.5 Å². The van der Waals surface area contributed by atoms with E-state index in [0.717, 1.165) is 19.3 Å². The fourth-order valence-electron chi connectivity index (χ4n) is 3.94. The first-order valence-corrected chi connectivity index (χ1v) is 11.6. The summed E-state index contributed by atoms with van der Waals surface area (Å²) in [6.45, 7) is 4.45. The van der Waals surface area contributed by atoms with Crippen molar-refractivity contribution in [2.24, 2.45) is 0 Å². The smallest absolute Gasteiger partial charge is 0.277 e. The van der Waals surface area contributed by atoms with Gasteiger partial charge in [0.15, 0.2) is 0 Å². The highest BCUT2D eigenvalue weighted by atomic mass is 16.5. The number of carbonyl (C=O) groups excluding carboxylic acids is 2. The van der Waals surface area contributed by atoms with Crippen LogP contribution in [0.5, 0.6) is 5.75 Å². The van der Waals surface area contributed by atoms with Gasteiger partial charge >= 0.3 is 0 Å². The summed E-state index contributed by atoms with van der Waals surface area (Å²) in [6.07, 6.45) is 6.54. The monoisotopic (exact) mass is 446 g/mol. The van der Waals surface area contributed by atoms with Crippen LogP contribution in [0.3, 0.4) is 0 Å². The molecule has 7 heteroatoms. The highest BCUT2D eigenvalue weighted by Crippen LogP contribution is 2.36. The summed E-state index contributed by atoms with van der Waals surface area (Å²) in [5, 5.41) is 0. The predicted octanol–water partition coefficient (Wildman–Crippen LogP) is 3.73. The van der Waals surface area contributed by atoms with Crippen LogP contribution in [-0.2, 0) is 19.1 Å². The summed E-state index contributed by atoms with van der Waals surface area (Å²) in [7, 11) is 4.81. The van der Waals surface area contributed by atoms with E-state index < -0.39 is 0 Å². The molecule has 2 amide bonds. The Balaban J connectivity index is 2.35. The average Bonchev–Trinajstić information content (AvgIpc) is 3.05. The van der Waals surface area contributed by atoms with E-state index in [1.54, 1.807) is 21.3 Å². The Labute approximate surface area is 192 Å². The molecule has 0 spiro atoms. The van der Waals surface area contributed by atoms with E-state index in [0.29, 0.717) is 55.4 Å². The molecule has 1 aliphatic rings. The molecule has 1 heterocycles. The Kier molecular flexibility index (Phi) is 11.2. The molecule has 1 aromatic carbocycles. The van der Waals surface area contributed by atoms with Gasteiger partial charge in [0.1, 0.15) is 11.4 Å². The van der Waals surface area contributed by atoms with Crippen molar-refractivity contribution in [1.29, 1.82) is 0 Å². The molecule has 0 saturated heterocycles. The topological polar surface area (TPSA) is 68.3 Å². The minimum Gasteiger partial charge on any atom is -0.496 e. The zero-order valence-electron chi connectivity index (χ0n) is 20.0. The standard InChI is InChI=1S/C25H38N2O5/c1-5-6-7-8-9-12-15-27-24(28)22(20-13-10-11-14-21(20)32-4)23(25(27)29)26(16-18-30-2)17-19-31-3/h10-11,13-14H,5-9,12,15-19H2,1-4H3. The van der Waals surface area contributed by atoms with Gasteiger partial charge in [-0.2, -0.15) is 0 Å². The lowest BCUT2D eigenvalue weighted by Crippen LogP contribution is -2.38. The van der Waals surface area contributed by atoms with Gasteiger partial charge in [0.25, 0.3) is 11.8 Å². The lowest BCUT2D eigenvalue weighted by Gasteiger charge is -2.25. The third-order valence-electron chi connectivity index (χ3n) is 5.70. The second-order valence-corrected chi connectivity index (χ2v) is 7.93. The SMILES string of the molecule is CCCCCCCCN1C(=O)C(c2ccccc2OC)=C(N(CCOC)CCOC)C1=O. The zero-order chi connectivity index (χ0) is 23.3. The Morgan fingerprint density at radius 2 is 1.47 bits per heavy atom. The molecule has 0 aromatic heterocycles. The number of benzene rings is 1. The molecular formula is C25H38N2O5. The Hall–Kier alpha value is -2.38. The van der Waals surface area contributed by atoms with Crippen molar-refractivity contribution in [2.45, 2.75) is 45.4 Å². The fourth-order valence-corrected chi connectivity index (χ4v) is 3.94. The number of unbranched alkanes of at least 4 members (excludes halogenated alkanes) is 5. The largest absolute Gasteiger partial charge is 0.496 e. The van der Waals surface area contributed by atoms with Gasteiger partial charge in [0.05, 0.1) is 25.9 Å². The van der Waals surface area contributed by atoms with E-state index in [-0.39, 0.29) is 11.8 Å². The van der Waals surface area contributed by atoms with Crippen molar-refractivity contribution < 1.29 is 23.8 Å². The molecule has 2 rings (SSSR count). The molecule has 178 valence electrons. The van der Waals surface area contributed by atoms with E-state index in [1.165, 1.54) is 24.2 Å². The third-order valence-corrected chi connectivity index (χ3v) is 5.70. The third kappa shape index (κ3) is 6.56. The van der Waals surface area contributed by atoms with Gasteiger partial charge in [-0.1, -0.05) is 57.2 Å². The molecule has 0 radical (unpaired) electrons. The summed E-state index contributed by atoms with van der Waals surface area (Å²) in [4.78, 5) is 30.3. The maximum atomic E-state index is 13.5. The second-order valence-electron chi connectivity index (χ2n) is 7.93. The number of para-hydroxylation sites is 1. The first-order chi connectivity index (χ1) is 15.6. The van der Waals surface area contributed by atoms with Crippen molar-refractivity contribution in [3.05, 3.63) is 35.5 Å². The van der Waals surface area contributed by atoms with Crippen LogP contribution < -0.4 is 4.74 Å². The number of amides is 2. The van der Waals surface area contributed by atoms with Gasteiger partial charge in [-0.15, -0.1) is 0 Å². The van der Waals surface area contributed by atoms with Crippen LogP contribution in [0, 0.1) is 0 Å². The quantitative estimate of drug-likeness (QED) is 0.285. The van der Waals surface area contributed by atoms with Gasteiger partial charge in [-0.25, -0.2) is 0 Å². The van der Waals surface area contributed by atoms with Crippen LogP contribution in [0.1, 0.15) is 51.0 Å². The molecular weight excluding hydrogens is 408 g/mol. The normalized spacial score (nSPS) is 13.9.